The molecule has 2 amide bonds. The quantitative estimate of drug-likeness (QED) is 0.746. The second-order valence-electron chi connectivity index (χ2n) is 6.67. The van der Waals surface area contributed by atoms with Crippen LogP contribution in [0.5, 0.6) is 11.5 Å². The number of rotatable bonds is 7. The van der Waals surface area contributed by atoms with Crippen LogP contribution in [-0.2, 0) is 9.59 Å². The van der Waals surface area contributed by atoms with Crippen LogP contribution in [0.15, 0.2) is 42.5 Å². The van der Waals surface area contributed by atoms with Crippen molar-refractivity contribution in [2.45, 2.75) is 19.4 Å². The summed E-state index contributed by atoms with van der Waals surface area (Å²) in [6, 6.07) is 11.1. The van der Waals surface area contributed by atoms with Gasteiger partial charge in [0.05, 0.1) is 25.9 Å². The van der Waals surface area contributed by atoms with Crippen molar-refractivity contribution in [2.24, 2.45) is 0 Å². The van der Waals surface area contributed by atoms with Gasteiger partial charge in [-0.15, -0.1) is 0 Å². The molecule has 1 unspecified atom stereocenters. The summed E-state index contributed by atoms with van der Waals surface area (Å²) in [5.41, 5.74) is 1.16. The first-order valence-electron chi connectivity index (χ1n) is 9.43. The molecule has 0 spiro atoms. The summed E-state index contributed by atoms with van der Waals surface area (Å²) < 4.78 is 24.5. The topological polar surface area (TPSA) is 79.9 Å². The molecule has 7 nitrogen and oxygen atoms in total. The first-order chi connectivity index (χ1) is 14.0. The maximum atomic E-state index is 13.7. The van der Waals surface area contributed by atoms with E-state index in [1.165, 1.54) is 12.1 Å². The highest BCUT2D eigenvalue weighted by atomic mass is 19.1. The summed E-state index contributed by atoms with van der Waals surface area (Å²) in [5.74, 6) is -0.174. The van der Waals surface area contributed by atoms with Gasteiger partial charge in [-0.05, 0) is 30.7 Å². The molecule has 0 saturated heterocycles. The molecule has 0 radical (unpaired) electrons. The van der Waals surface area contributed by atoms with E-state index in [1.54, 1.807) is 42.3 Å². The van der Waals surface area contributed by atoms with E-state index in [0.717, 1.165) is 6.42 Å². The molecule has 154 valence electrons. The number of hydrogen-bond acceptors (Lipinski definition) is 5. The largest absolute Gasteiger partial charge is 0.497 e. The van der Waals surface area contributed by atoms with Gasteiger partial charge in [-0.1, -0.05) is 13.0 Å². The minimum atomic E-state index is -0.833. The van der Waals surface area contributed by atoms with Crippen LogP contribution in [0.25, 0.3) is 0 Å². The van der Waals surface area contributed by atoms with E-state index in [0.29, 0.717) is 23.7 Å². The van der Waals surface area contributed by atoms with Gasteiger partial charge in [0.25, 0.3) is 5.91 Å². The zero-order valence-electron chi connectivity index (χ0n) is 16.4. The SMILES string of the molecule is CCCNC(=O)C1CN(CC(=O)Nc2cccc(OC)c2)c2ccc(F)cc2O1. The molecule has 29 heavy (non-hydrogen) atoms. The Hall–Kier alpha value is -3.29. The molecule has 0 saturated carbocycles. The number of hydrogen-bond donors (Lipinski definition) is 2. The Balaban J connectivity index is 1.75. The fraction of sp³-hybridized carbons (Fsp3) is 0.333. The van der Waals surface area contributed by atoms with Crippen LogP contribution in [0.3, 0.4) is 0 Å². The average Bonchev–Trinajstić information content (AvgIpc) is 2.71. The lowest BCUT2D eigenvalue weighted by molar-refractivity contribution is -0.128. The third kappa shape index (κ3) is 5.16. The standard InChI is InChI=1S/C21H24FN3O4/c1-3-9-23-21(27)19-12-25(17-8-7-14(22)10-18(17)29-19)13-20(26)24-15-5-4-6-16(11-15)28-2/h4-8,10-11,19H,3,9,12-13H2,1-2H3,(H,23,27)(H,24,26). The Morgan fingerprint density at radius 3 is 2.86 bits per heavy atom. The summed E-state index contributed by atoms with van der Waals surface area (Å²) >= 11 is 0. The average molecular weight is 401 g/mol. The number of benzene rings is 2. The summed E-state index contributed by atoms with van der Waals surface area (Å²) in [4.78, 5) is 26.7. The highest BCUT2D eigenvalue weighted by molar-refractivity contribution is 5.95. The number of halogens is 1. The molecule has 2 aromatic carbocycles. The Bertz CT molecular complexity index is 890. The summed E-state index contributed by atoms with van der Waals surface area (Å²) in [6.45, 7) is 2.63. The van der Waals surface area contributed by atoms with Gasteiger partial charge in [0.1, 0.15) is 17.3 Å². The first kappa shape index (κ1) is 20.4. The monoisotopic (exact) mass is 401 g/mol. The smallest absolute Gasteiger partial charge is 0.262 e. The lowest BCUT2D eigenvalue weighted by Gasteiger charge is -2.35. The predicted octanol–water partition coefficient (Wildman–Crippen LogP) is 2.57. The van der Waals surface area contributed by atoms with E-state index in [1.807, 2.05) is 6.92 Å². The molecule has 0 fully saturated rings. The Labute approximate surface area is 168 Å². The van der Waals surface area contributed by atoms with Gasteiger partial charge in [-0.3, -0.25) is 9.59 Å². The number of ether oxygens (including phenoxy) is 2. The van der Waals surface area contributed by atoms with E-state index >= 15 is 0 Å². The van der Waals surface area contributed by atoms with Gasteiger partial charge >= 0.3 is 0 Å². The summed E-state index contributed by atoms with van der Waals surface area (Å²) in [7, 11) is 1.55. The van der Waals surface area contributed by atoms with Crippen molar-refractivity contribution < 1.29 is 23.5 Å². The predicted molar refractivity (Wildman–Crippen MR) is 108 cm³/mol. The lowest BCUT2D eigenvalue weighted by atomic mass is 10.1. The summed E-state index contributed by atoms with van der Waals surface area (Å²) in [6.07, 6.45) is -0.0449. The minimum Gasteiger partial charge on any atom is -0.497 e. The maximum Gasteiger partial charge on any atom is 0.262 e. The molecule has 3 rings (SSSR count). The van der Waals surface area contributed by atoms with E-state index in [4.69, 9.17) is 9.47 Å². The van der Waals surface area contributed by atoms with Crippen LogP contribution in [0.4, 0.5) is 15.8 Å². The molecule has 0 aliphatic carbocycles. The Morgan fingerprint density at radius 2 is 2.10 bits per heavy atom. The maximum absolute atomic E-state index is 13.7. The zero-order chi connectivity index (χ0) is 20.8. The van der Waals surface area contributed by atoms with E-state index < -0.39 is 11.9 Å². The van der Waals surface area contributed by atoms with Crippen molar-refractivity contribution in [3.63, 3.8) is 0 Å². The number of fused-ring (bicyclic) bond motifs is 1. The van der Waals surface area contributed by atoms with Gasteiger partial charge in [-0.2, -0.15) is 0 Å². The van der Waals surface area contributed by atoms with Crippen LogP contribution in [-0.4, -0.2) is 44.7 Å². The molecule has 1 aliphatic heterocycles. The number of methoxy groups -OCH3 is 1. The number of amides is 2. The fourth-order valence-electron chi connectivity index (χ4n) is 3.06. The van der Waals surface area contributed by atoms with E-state index in [-0.39, 0.29) is 30.7 Å². The number of anilines is 2. The van der Waals surface area contributed by atoms with Crippen LogP contribution >= 0.6 is 0 Å². The molecule has 0 aromatic heterocycles. The van der Waals surface area contributed by atoms with Crippen molar-refractivity contribution >= 4 is 23.2 Å². The van der Waals surface area contributed by atoms with Gasteiger partial charge in [0.15, 0.2) is 6.10 Å². The highest BCUT2D eigenvalue weighted by Crippen LogP contribution is 2.34. The molecule has 8 heteroatoms. The number of carbonyl (C=O) groups excluding carboxylic acids is 2. The number of nitrogens with zero attached hydrogens (tertiary/aromatic N) is 1. The number of carbonyl (C=O) groups is 2. The van der Waals surface area contributed by atoms with Crippen LogP contribution in [0, 0.1) is 5.82 Å². The molecule has 2 aromatic rings. The van der Waals surface area contributed by atoms with Crippen molar-refractivity contribution in [2.75, 3.05) is 37.0 Å². The number of nitrogens with one attached hydrogen (secondary N) is 2. The van der Waals surface area contributed by atoms with E-state index in [2.05, 4.69) is 10.6 Å². The zero-order valence-corrected chi connectivity index (χ0v) is 16.4. The molecule has 2 N–H and O–H groups in total. The first-order valence-corrected chi connectivity index (χ1v) is 9.43. The lowest BCUT2D eigenvalue weighted by Crippen LogP contribution is -2.50. The summed E-state index contributed by atoms with van der Waals surface area (Å²) in [5, 5.41) is 5.58. The van der Waals surface area contributed by atoms with Crippen LogP contribution in [0.1, 0.15) is 13.3 Å². The van der Waals surface area contributed by atoms with Gasteiger partial charge in [-0.25, -0.2) is 4.39 Å². The molecular weight excluding hydrogens is 377 g/mol. The van der Waals surface area contributed by atoms with Crippen molar-refractivity contribution in [1.82, 2.24) is 5.32 Å². The second kappa shape index (κ2) is 9.27. The van der Waals surface area contributed by atoms with Crippen molar-refractivity contribution in [1.29, 1.82) is 0 Å². The van der Waals surface area contributed by atoms with E-state index in [9.17, 15) is 14.0 Å². The fourth-order valence-corrected chi connectivity index (χ4v) is 3.06. The molecular formula is C21H24FN3O4. The third-order valence-corrected chi connectivity index (χ3v) is 4.45. The van der Waals surface area contributed by atoms with Crippen LogP contribution < -0.4 is 25.0 Å². The highest BCUT2D eigenvalue weighted by Gasteiger charge is 2.31. The van der Waals surface area contributed by atoms with Crippen molar-refractivity contribution in [3.05, 3.63) is 48.3 Å². The Kier molecular flexibility index (Phi) is 6.54. The minimum absolute atomic E-state index is 0.0171. The molecule has 1 atom stereocenters. The third-order valence-electron chi connectivity index (χ3n) is 4.45. The molecule has 1 heterocycles. The van der Waals surface area contributed by atoms with Crippen LogP contribution in [0.2, 0.25) is 0 Å². The van der Waals surface area contributed by atoms with Gasteiger partial charge in [0.2, 0.25) is 5.91 Å². The normalized spacial score (nSPS) is 15.1. The van der Waals surface area contributed by atoms with Gasteiger partial charge < -0.3 is 25.0 Å². The second-order valence-corrected chi connectivity index (χ2v) is 6.67. The molecule has 0 bridgehead atoms. The van der Waals surface area contributed by atoms with Gasteiger partial charge in [0, 0.05) is 24.4 Å². The molecule has 1 aliphatic rings. The Morgan fingerprint density at radius 1 is 1.28 bits per heavy atom. The van der Waals surface area contributed by atoms with Crippen molar-refractivity contribution in [3.8, 4) is 11.5 Å².